The molecular weight excluding hydrogens is 244 g/mol. The fraction of sp³-hybridized carbons (Fsp3) is 0.333. The van der Waals surface area contributed by atoms with Crippen LogP contribution in [0, 0.1) is 0 Å². The number of fused-ring (bicyclic) bond motifs is 1. The minimum Gasteiger partial charge on any atom is -0.364 e. The lowest BCUT2D eigenvalue weighted by Gasteiger charge is -2.37. The predicted molar refractivity (Wildman–Crippen MR) is 84.7 cm³/mol. The number of para-hydroxylation sites is 1. The quantitative estimate of drug-likeness (QED) is 0.921. The molecule has 3 rings (SSSR count). The number of hydrogen-bond acceptors (Lipinski definition) is 2. The molecule has 2 aromatic carbocycles. The first-order valence-corrected chi connectivity index (χ1v) is 7.40. The molecule has 0 spiro atoms. The maximum absolute atomic E-state index is 5.66. The number of rotatable bonds is 3. The summed E-state index contributed by atoms with van der Waals surface area (Å²) in [7, 11) is 0. The van der Waals surface area contributed by atoms with Crippen molar-refractivity contribution in [1.29, 1.82) is 0 Å². The van der Waals surface area contributed by atoms with Crippen LogP contribution in [0.4, 0.5) is 5.69 Å². The lowest BCUT2D eigenvalue weighted by Crippen LogP contribution is -2.36. The second kappa shape index (κ2) is 5.68. The number of anilines is 1. The van der Waals surface area contributed by atoms with Crippen LogP contribution in [-0.2, 0) is 19.5 Å². The van der Waals surface area contributed by atoms with Crippen LogP contribution in [0.3, 0.4) is 0 Å². The Morgan fingerprint density at radius 1 is 1.05 bits per heavy atom. The van der Waals surface area contributed by atoms with E-state index in [9.17, 15) is 0 Å². The Balaban J connectivity index is 1.85. The molecule has 0 saturated heterocycles. The monoisotopic (exact) mass is 266 g/mol. The minimum atomic E-state index is 0.596. The average molecular weight is 266 g/mol. The Morgan fingerprint density at radius 3 is 2.50 bits per heavy atom. The summed E-state index contributed by atoms with van der Waals surface area (Å²) in [5, 5.41) is 0. The van der Waals surface area contributed by atoms with Crippen molar-refractivity contribution in [2.45, 2.75) is 38.9 Å². The molecule has 0 saturated carbocycles. The topological polar surface area (TPSA) is 29.3 Å². The van der Waals surface area contributed by atoms with Gasteiger partial charge in [0.25, 0.3) is 0 Å². The van der Waals surface area contributed by atoms with Gasteiger partial charge in [-0.05, 0) is 42.5 Å². The van der Waals surface area contributed by atoms with Gasteiger partial charge in [0.1, 0.15) is 0 Å². The lowest BCUT2D eigenvalue weighted by molar-refractivity contribution is 0.560. The second-order valence-electron chi connectivity index (χ2n) is 5.66. The van der Waals surface area contributed by atoms with Crippen molar-refractivity contribution in [2.24, 2.45) is 5.73 Å². The molecule has 0 bridgehead atoms. The molecule has 1 heterocycles. The smallest absolute Gasteiger partial charge is 0.0432 e. The molecule has 2 N–H and O–H groups in total. The van der Waals surface area contributed by atoms with Gasteiger partial charge in [0.2, 0.25) is 0 Å². The summed E-state index contributed by atoms with van der Waals surface area (Å²) >= 11 is 0. The molecule has 0 aromatic heterocycles. The first kappa shape index (κ1) is 13.2. The van der Waals surface area contributed by atoms with E-state index in [1.54, 1.807) is 0 Å². The fourth-order valence-electron chi connectivity index (χ4n) is 2.98. The van der Waals surface area contributed by atoms with Gasteiger partial charge in [-0.2, -0.15) is 0 Å². The van der Waals surface area contributed by atoms with Crippen LogP contribution in [-0.4, -0.2) is 6.04 Å². The van der Waals surface area contributed by atoms with E-state index in [-0.39, 0.29) is 0 Å². The summed E-state index contributed by atoms with van der Waals surface area (Å²) in [5.74, 6) is 0. The third-order valence-electron chi connectivity index (χ3n) is 4.28. The Labute approximate surface area is 121 Å². The lowest BCUT2D eigenvalue weighted by atomic mass is 9.96. The summed E-state index contributed by atoms with van der Waals surface area (Å²) in [6, 6.07) is 18.1. The number of nitrogens with zero attached hydrogens (tertiary/aromatic N) is 1. The van der Waals surface area contributed by atoms with Crippen molar-refractivity contribution in [3.63, 3.8) is 0 Å². The van der Waals surface area contributed by atoms with Gasteiger partial charge in [0.15, 0.2) is 0 Å². The summed E-state index contributed by atoms with van der Waals surface area (Å²) in [6.07, 6.45) is 2.43. The Morgan fingerprint density at radius 2 is 1.75 bits per heavy atom. The van der Waals surface area contributed by atoms with E-state index in [1.807, 2.05) is 0 Å². The van der Waals surface area contributed by atoms with Crippen molar-refractivity contribution in [3.8, 4) is 0 Å². The molecule has 104 valence electrons. The van der Waals surface area contributed by atoms with Crippen molar-refractivity contribution in [2.75, 3.05) is 4.90 Å². The first-order chi connectivity index (χ1) is 9.78. The fourth-order valence-corrected chi connectivity index (χ4v) is 2.98. The van der Waals surface area contributed by atoms with Gasteiger partial charge in [-0.3, -0.25) is 0 Å². The van der Waals surface area contributed by atoms with E-state index in [1.165, 1.54) is 35.2 Å². The highest BCUT2D eigenvalue weighted by Gasteiger charge is 2.22. The molecule has 1 unspecified atom stereocenters. The molecule has 2 nitrogen and oxygen atoms in total. The zero-order chi connectivity index (χ0) is 13.9. The highest BCUT2D eigenvalue weighted by molar-refractivity contribution is 5.56. The van der Waals surface area contributed by atoms with E-state index in [4.69, 9.17) is 5.73 Å². The van der Waals surface area contributed by atoms with Gasteiger partial charge in [0, 0.05) is 24.8 Å². The Hall–Kier alpha value is -1.80. The molecule has 1 aliphatic heterocycles. The normalized spacial score (nSPS) is 17.9. The number of benzene rings is 2. The SMILES string of the molecule is CC1CCc2ccccc2N1Cc1ccc(CN)cc1. The maximum atomic E-state index is 5.66. The van der Waals surface area contributed by atoms with Crippen LogP contribution in [0.25, 0.3) is 0 Å². The summed E-state index contributed by atoms with van der Waals surface area (Å²) < 4.78 is 0. The number of hydrogen-bond donors (Lipinski definition) is 1. The van der Waals surface area contributed by atoms with Gasteiger partial charge in [0.05, 0.1) is 0 Å². The van der Waals surface area contributed by atoms with Crippen molar-refractivity contribution in [1.82, 2.24) is 0 Å². The first-order valence-electron chi connectivity index (χ1n) is 7.40. The third kappa shape index (κ3) is 2.56. The van der Waals surface area contributed by atoms with Gasteiger partial charge in [-0.25, -0.2) is 0 Å². The van der Waals surface area contributed by atoms with Crippen LogP contribution in [0.5, 0.6) is 0 Å². The van der Waals surface area contributed by atoms with Crippen molar-refractivity contribution >= 4 is 5.69 Å². The molecular formula is C18H22N2. The largest absolute Gasteiger partial charge is 0.364 e. The Kier molecular flexibility index (Phi) is 3.75. The maximum Gasteiger partial charge on any atom is 0.0432 e. The van der Waals surface area contributed by atoms with Crippen molar-refractivity contribution in [3.05, 3.63) is 65.2 Å². The summed E-state index contributed by atoms with van der Waals surface area (Å²) in [4.78, 5) is 2.52. The molecule has 0 fully saturated rings. The third-order valence-corrected chi connectivity index (χ3v) is 4.28. The van der Waals surface area contributed by atoms with E-state index in [2.05, 4.69) is 60.4 Å². The van der Waals surface area contributed by atoms with Crippen molar-refractivity contribution < 1.29 is 0 Å². The number of nitrogens with two attached hydrogens (primary N) is 1. The predicted octanol–water partition coefficient (Wildman–Crippen LogP) is 3.49. The van der Waals surface area contributed by atoms with E-state index < -0.39 is 0 Å². The molecule has 0 radical (unpaired) electrons. The van der Waals surface area contributed by atoms with E-state index in [0.717, 1.165) is 6.54 Å². The molecule has 1 aliphatic rings. The molecule has 2 heteroatoms. The second-order valence-corrected chi connectivity index (χ2v) is 5.66. The standard InChI is InChI=1S/C18H22N2/c1-14-6-11-17-4-2-3-5-18(17)20(14)13-16-9-7-15(12-19)8-10-16/h2-5,7-10,14H,6,11-13,19H2,1H3. The minimum absolute atomic E-state index is 0.596. The van der Waals surface area contributed by atoms with Gasteiger partial charge in [-0.15, -0.1) is 0 Å². The Bertz CT molecular complexity index is 574. The molecule has 0 aliphatic carbocycles. The molecule has 2 aromatic rings. The van der Waals surface area contributed by atoms with Crippen LogP contribution >= 0.6 is 0 Å². The van der Waals surface area contributed by atoms with Crippen LogP contribution < -0.4 is 10.6 Å². The van der Waals surface area contributed by atoms with Crippen LogP contribution in [0.1, 0.15) is 30.0 Å². The summed E-state index contributed by atoms with van der Waals surface area (Å²) in [6.45, 7) is 3.91. The van der Waals surface area contributed by atoms with Gasteiger partial charge < -0.3 is 10.6 Å². The zero-order valence-electron chi connectivity index (χ0n) is 12.0. The molecule has 0 amide bonds. The van der Waals surface area contributed by atoms with Gasteiger partial charge >= 0.3 is 0 Å². The number of aryl methyl sites for hydroxylation is 1. The van der Waals surface area contributed by atoms with Crippen LogP contribution in [0.15, 0.2) is 48.5 Å². The van der Waals surface area contributed by atoms with Crippen LogP contribution in [0.2, 0.25) is 0 Å². The molecule has 20 heavy (non-hydrogen) atoms. The molecule has 1 atom stereocenters. The highest BCUT2D eigenvalue weighted by atomic mass is 15.2. The van der Waals surface area contributed by atoms with E-state index in [0.29, 0.717) is 12.6 Å². The zero-order valence-corrected chi connectivity index (χ0v) is 12.0. The average Bonchev–Trinajstić information content (AvgIpc) is 2.51. The van der Waals surface area contributed by atoms with Gasteiger partial charge in [-0.1, -0.05) is 42.5 Å². The highest BCUT2D eigenvalue weighted by Crippen LogP contribution is 2.31. The summed E-state index contributed by atoms with van der Waals surface area (Å²) in [5.41, 5.74) is 11.1. The van der Waals surface area contributed by atoms with E-state index >= 15 is 0 Å².